The minimum Gasteiger partial charge on any atom is -0.332 e. The van der Waals surface area contributed by atoms with Crippen molar-refractivity contribution in [1.82, 2.24) is 20.1 Å². The van der Waals surface area contributed by atoms with Gasteiger partial charge in [0.05, 0.1) is 6.04 Å². The first-order valence-corrected chi connectivity index (χ1v) is 7.23. The Morgan fingerprint density at radius 2 is 1.95 bits per heavy atom. The highest BCUT2D eigenvalue weighted by Gasteiger charge is 2.24. The lowest BCUT2D eigenvalue weighted by Crippen LogP contribution is -2.30. The Balaban J connectivity index is 2.20. The Morgan fingerprint density at radius 3 is 2.52 bits per heavy atom. The van der Waals surface area contributed by atoms with Crippen molar-refractivity contribution in [2.45, 2.75) is 32.7 Å². The molecule has 0 bridgehead atoms. The second-order valence-corrected chi connectivity index (χ2v) is 5.72. The summed E-state index contributed by atoms with van der Waals surface area (Å²) in [6.45, 7) is 5.91. The van der Waals surface area contributed by atoms with Gasteiger partial charge in [0.2, 0.25) is 5.82 Å². The molecule has 1 aromatic carbocycles. The van der Waals surface area contributed by atoms with Gasteiger partial charge in [-0.15, -0.1) is 5.10 Å². The molecular weight excluding hydrogens is 288 g/mol. The summed E-state index contributed by atoms with van der Waals surface area (Å²) in [5.41, 5.74) is 0.898. The number of aromatic nitrogens is 3. The average Bonchev–Trinajstić information content (AvgIpc) is 2.95. The van der Waals surface area contributed by atoms with Gasteiger partial charge in [-0.05, 0) is 18.6 Å². The maximum Gasteiger partial charge on any atom is 0.293 e. The lowest BCUT2D eigenvalue weighted by atomic mass is 10.1. The second kappa shape index (κ2) is 6.26. The van der Waals surface area contributed by atoms with Crippen LogP contribution in [0.1, 0.15) is 54.7 Å². The number of carbonyl (C=O) groups excluding carboxylic acids is 1. The van der Waals surface area contributed by atoms with E-state index >= 15 is 0 Å². The van der Waals surface area contributed by atoms with Crippen molar-refractivity contribution in [3.05, 3.63) is 46.5 Å². The van der Waals surface area contributed by atoms with E-state index in [2.05, 4.69) is 15.2 Å². The fraction of sp³-hybridized carbons (Fsp3) is 0.400. The highest BCUT2D eigenvalue weighted by Crippen LogP contribution is 2.26. The number of aromatic amines is 1. The molecule has 0 aliphatic rings. The Kier molecular flexibility index (Phi) is 4.63. The molecule has 2 rings (SSSR count). The van der Waals surface area contributed by atoms with Crippen LogP contribution in [0.4, 0.5) is 0 Å². The standard InChI is InChI=1S/C15H19ClN4O/c1-9(2)13-17-14(19-18-13)15(21)20(4)10(3)11-7-5-6-8-12(11)16/h5-10H,1-4H3,(H,17,18,19). The summed E-state index contributed by atoms with van der Waals surface area (Å²) in [4.78, 5) is 18.3. The van der Waals surface area contributed by atoms with Crippen molar-refractivity contribution in [3.8, 4) is 0 Å². The number of hydrogen-bond acceptors (Lipinski definition) is 3. The summed E-state index contributed by atoms with van der Waals surface area (Å²) in [5, 5.41) is 7.43. The SMILES string of the molecule is CC(C)c1nc(C(=O)N(C)C(C)c2ccccc2Cl)n[nH]1. The third kappa shape index (κ3) is 3.24. The lowest BCUT2D eigenvalue weighted by molar-refractivity contribution is 0.0730. The summed E-state index contributed by atoms with van der Waals surface area (Å²) in [6.07, 6.45) is 0. The molecule has 0 fully saturated rings. The highest BCUT2D eigenvalue weighted by atomic mass is 35.5. The third-order valence-corrected chi connectivity index (χ3v) is 3.84. The average molecular weight is 307 g/mol. The number of benzene rings is 1. The number of H-pyrrole nitrogens is 1. The van der Waals surface area contributed by atoms with Gasteiger partial charge in [0.1, 0.15) is 5.82 Å². The quantitative estimate of drug-likeness (QED) is 0.941. The summed E-state index contributed by atoms with van der Waals surface area (Å²) < 4.78 is 0. The number of hydrogen-bond donors (Lipinski definition) is 1. The van der Waals surface area contributed by atoms with E-state index in [4.69, 9.17) is 11.6 Å². The van der Waals surface area contributed by atoms with Crippen LogP contribution < -0.4 is 0 Å². The van der Waals surface area contributed by atoms with Crippen LogP contribution in [0, 0.1) is 0 Å². The summed E-state index contributed by atoms with van der Waals surface area (Å²) in [5.74, 6) is 0.855. The zero-order valence-corrected chi connectivity index (χ0v) is 13.3. The van der Waals surface area contributed by atoms with Crippen molar-refractivity contribution < 1.29 is 4.79 Å². The number of carbonyl (C=O) groups is 1. The van der Waals surface area contributed by atoms with Crippen molar-refractivity contribution in [2.24, 2.45) is 0 Å². The minimum absolute atomic E-state index is 0.160. The number of rotatable bonds is 4. The smallest absolute Gasteiger partial charge is 0.293 e. The zero-order valence-electron chi connectivity index (χ0n) is 12.6. The molecule has 0 spiro atoms. The lowest BCUT2D eigenvalue weighted by Gasteiger charge is -2.24. The van der Waals surface area contributed by atoms with Crippen molar-refractivity contribution in [2.75, 3.05) is 7.05 Å². The molecular formula is C15H19ClN4O. The van der Waals surface area contributed by atoms with E-state index in [9.17, 15) is 4.79 Å². The van der Waals surface area contributed by atoms with Gasteiger partial charge in [-0.3, -0.25) is 9.89 Å². The molecule has 2 aromatic rings. The van der Waals surface area contributed by atoms with Gasteiger partial charge >= 0.3 is 0 Å². The molecule has 1 amide bonds. The van der Waals surface area contributed by atoms with E-state index in [1.54, 1.807) is 11.9 Å². The fourth-order valence-electron chi connectivity index (χ4n) is 1.98. The van der Waals surface area contributed by atoms with Crippen molar-refractivity contribution in [3.63, 3.8) is 0 Å². The molecule has 21 heavy (non-hydrogen) atoms. The maximum atomic E-state index is 12.4. The third-order valence-electron chi connectivity index (χ3n) is 3.50. The topological polar surface area (TPSA) is 61.9 Å². The fourth-order valence-corrected chi connectivity index (χ4v) is 2.28. The number of nitrogens with one attached hydrogen (secondary N) is 1. The van der Waals surface area contributed by atoms with Gasteiger partial charge in [-0.25, -0.2) is 4.98 Å². The van der Waals surface area contributed by atoms with Gasteiger partial charge in [0, 0.05) is 18.0 Å². The van der Waals surface area contributed by atoms with Gasteiger partial charge in [0.25, 0.3) is 5.91 Å². The van der Waals surface area contributed by atoms with Crippen LogP contribution >= 0.6 is 11.6 Å². The highest BCUT2D eigenvalue weighted by molar-refractivity contribution is 6.31. The van der Waals surface area contributed by atoms with E-state index in [1.165, 1.54) is 0 Å². The van der Waals surface area contributed by atoms with Crippen LogP contribution in [0.25, 0.3) is 0 Å². The largest absolute Gasteiger partial charge is 0.332 e. The molecule has 5 nitrogen and oxygen atoms in total. The minimum atomic E-state index is -0.231. The molecule has 112 valence electrons. The van der Waals surface area contributed by atoms with E-state index < -0.39 is 0 Å². The Hall–Kier alpha value is -1.88. The van der Waals surface area contributed by atoms with Crippen LogP contribution in [0.15, 0.2) is 24.3 Å². The van der Waals surface area contributed by atoms with Crippen LogP contribution in [-0.4, -0.2) is 33.0 Å². The molecule has 6 heteroatoms. The molecule has 0 aliphatic carbocycles. The van der Waals surface area contributed by atoms with Gasteiger partial charge in [-0.1, -0.05) is 43.6 Å². The van der Waals surface area contributed by atoms with Gasteiger partial charge in [-0.2, -0.15) is 0 Å². The van der Waals surface area contributed by atoms with E-state index in [1.807, 2.05) is 45.0 Å². The molecule has 1 aromatic heterocycles. The number of nitrogens with zero attached hydrogens (tertiary/aromatic N) is 3. The summed E-state index contributed by atoms with van der Waals surface area (Å²) in [7, 11) is 1.72. The Morgan fingerprint density at radius 1 is 1.29 bits per heavy atom. The first-order valence-electron chi connectivity index (χ1n) is 6.85. The number of halogens is 1. The summed E-state index contributed by atoms with van der Waals surface area (Å²) in [6, 6.07) is 7.33. The molecule has 0 saturated heterocycles. The van der Waals surface area contributed by atoms with E-state index in [0.29, 0.717) is 10.8 Å². The molecule has 1 atom stereocenters. The molecule has 1 unspecified atom stereocenters. The predicted octanol–water partition coefficient (Wildman–Crippen LogP) is 3.41. The predicted molar refractivity (Wildman–Crippen MR) is 82.4 cm³/mol. The van der Waals surface area contributed by atoms with Crippen molar-refractivity contribution in [1.29, 1.82) is 0 Å². The second-order valence-electron chi connectivity index (χ2n) is 5.31. The maximum absolute atomic E-state index is 12.4. The molecule has 1 heterocycles. The van der Waals surface area contributed by atoms with Crippen LogP contribution in [0.3, 0.4) is 0 Å². The summed E-state index contributed by atoms with van der Waals surface area (Å²) >= 11 is 6.18. The molecule has 0 radical (unpaired) electrons. The molecule has 1 N–H and O–H groups in total. The van der Waals surface area contributed by atoms with Gasteiger partial charge < -0.3 is 4.90 Å². The van der Waals surface area contributed by atoms with Crippen molar-refractivity contribution >= 4 is 17.5 Å². The van der Waals surface area contributed by atoms with Gasteiger partial charge in [0.15, 0.2) is 0 Å². The van der Waals surface area contributed by atoms with Crippen LogP contribution in [0.5, 0.6) is 0 Å². The molecule has 0 aliphatic heterocycles. The van der Waals surface area contributed by atoms with E-state index in [0.717, 1.165) is 5.56 Å². The zero-order chi connectivity index (χ0) is 15.6. The Labute approximate surface area is 129 Å². The Bertz CT molecular complexity index is 638. The molecule has 0 saturated carbocycles. The normalized spacial score (nSPS) is 12.5. The first-order chi connectivity index (χ1) is 9.91. The number of amides is 1. The van der Waals surface area contributed by atoms with E-state index in [-0.39, 0.29) is 23.7 Å². The van der Waals surface area contributed by atoms with Crippen LogP contribution in [-0.2, 0) is 0 Å². The first kappa shape index (κ1) is 15.5. The van der Waals surface area contributed by atoms with Crippen LogP contribution in [0.2, 0.25) is 5.02 Å². The monoisotopic (exact) mass is 306 g/mol.